The van der Waals surface area contributed by atoms with E-state index in [0.29, 0.717) is 0 Å². The molecular weight excluding hydrogens is 158 g/mol. The maximum absolute atomic E-state index is 11.6. The maximum Gasteiger partial charge on any atom is 0.306 e. The molecule has 0 aromatic carbocycles. The van der Waals surface area contributed by atoms with Crippen LogP contribution in [0.3, 0.4) is 0 Å². The molecule has 0 saturated heterocycles. The molecule has 45 valence electrons. The molecule has 0 spiro atoms. The number of rotatable bonds is 2. The normalized spacial score (nSPS) is 9.50. The second-order valence-electron chi connectivity index (χ2n) is 0.861. The van der Waals surface area contributed by atoms with Crippen LogP contribution in [0.25, 0.3) is 0 Å². The predicted octanol–water partition coefficient (Wildman–Crippen LogP) is 1.02. The third kappa shape index (κ3) is 2.23. The van der Waals surface area contributed by atoms with Gasteiger partial charge in [-0.15, -0.1) is 0 Å². The number of carbonyl (C=O) groups is 2. The number of carbonyl (C=O) groups excluding carboxylic acids is 2. The average molecular weight is 158 g/mol. The van der Waals surface area contributed by atoms with Crippen molar-refractivity contribution in [3.05, 3.63) is 6.17 Å². The summed E-state index contributed by atoms with van der Waals surface area (Å²) in [4.78, 5) is 19.3. The van der Waals surface area contributed by atoms with E-state index in [1.165, 1.54) is 0 Å². The zero-order valence-electron chi connectivity index (χ0n) is 3.45. The van der Waals surface area contributed by atoms with E-state index in [1.807, 2.05) is 0 Å². The largest absolute Gasteiger partial charge is 0.306 e. The molecule has 0 unspecified atom stereocenters. The molecule has 0 rings (SSSR count). The maximum atomic E-state index is 11.6. The van der Waals surface area contributed by atoms with Gasteiger partial charge in [0.2, 0.25) is 0 Å². The molecule has 0 aliphatic heterocycles. The lowest BCUT2D eigenvalue weighted by atomic mass is 10.5. The van der Waals surface area contributed by atoms with Crippen molar-refractivity contribution in [3.63, 3.8) is 0 Å². The Morgan fingerprint density at radius 2 is 1.38 bits per heavy atom. The highest BCUT2D eigenvalue weighted by Crippen LogP contribution is 2.09. The Morgan fingerprint density at radius 3 is 1.38 bits per heavy atom. The first-order valence-electron chi connectivity index (χ1n) is 1.48. The molecule has 0 amide bonds. The van der Waals surface area contributed by atoms with Crippen molar-refractivity contribution >= 4 is 33.7 Å². The molecule has 0 heterocycles. The second kappa shape index (κ2) is 2.99. The van der Waals surface area contributed by atoms with Gasteiger partial charge >= 0.3 is 6.17 Å². The van der Waals surface area contributed by atoms with Crippen LogP contribution >= 0.6 is 23.2 Å². The van der Waals surface area contributed by atoms with E-state index >= 15 is 0 Å². The third-order valence-electron chi connectivity index (χ3n) is 0.345. The molecule has 1 radical (unpaired) electrons. The van der Waals surface area contributed by atoms with Crippen molar-refractivity contribution in [2.45, 2.75) is 0 Å². The van der Waals surface area contributed by atoms with Crippen LogP contribution in [0, 0.1) is 6.17 Å². The van der Waals surface area contributed by atoms with Crippen molar-refractivity contribution in [2.75, 3.05) is 0 Å². The summed E-state index contributed by atoms with van der Waals surface area (Å²) >= 11 is 8.93. The zero-order chi connectivity index (χ0) is 6.73. The summed E-state index contributed by atoms with van der Waals surface area (Å²) in [6, 6.07) is 0. The molecule has 0 N–H and O–H groups in total. The summed E-state index contributed by atoms with van der Waals surface area (Å²) < 4.78 is 11.6. The van der Waals surface area contributed by atoms with Gasteiger partial charge in [0.1, 0.15) is 0 Å². The highest BCUT2D eigenvalue weighted by molar-refractivity contribution is 6.77. The molecule has 0 aromatic rings. The first-order valence-corrected chi connectivity index (χ1v) is 2.23. The smallest absolute Gasteiger partial charge is 0.277 e. The van der Waals surface area contributed by atoms with E-state index in [0.717, 1.165) is 0 Å². The van der Waals surface area contributed by atoms with E-state index in [-0.39, 0.29) is 0 Å². The Labute approximate surface area is 54.6 Å². The molecule has 5 heteroatoms. The zero-order valence-corrected chi connectivity index (χ0v) is 4.96. The van der Waals surface area contributed by atoms with Gasteiger partial charge < -0.3 is 0 Å². The minimum atomic E-state index is -1.65. The average Bonchev–Trinajstić information content (AvgIpc) is 1.64. The topological polar surface area (TPSA) is 34.1 Å². The predicted molar refractivity (Wildman–Crippen MR) is 26.1 cm³/mol. The van der Waals surface area contributed by atoms with Gasteiger partial charge in [0, 0.05) is 0 Å². The molecule has 8 heavy (non-hydrogen) atoms. The lowest BCUT2D eigenvalue weighted by Crippen LogP contribution is -2.06. The lowest BCUT2D eigenvalue weighted by Gasteiger charge is -1.87. The van der Waals surface area contributed by atoms with Gasteiger partial charge in [-0.25, -0.2) is 4.39 Å². The Balaban J connectivity index is 3.83. The fourth-order valence-electron chi connectivity index (χ4n) is 0.0773. The Bertz CT molecular complexity index is 110. The Kier molecular flexibility index (Phi) is 2.94. The third-order valence-corrected chi connectivity index (χ3v) is 0.677. The van der Waals surface area contributed by atoms with Crippen LogP contribution in [0.2, 0.25) is 0 Å². The van der Waals surface area contributed by atoms with Gasteiger partial charge in [-0.2, -0.15) is 0 Å². The summed E-state index contributed by atoms with van der Waals surface area (Å²) in [6.07, 6.45) is -1.65. The van der Waals surface area contributed by atoms with Crippen LogP contribution in [-0.4, -0.2) is 10.5 Å². The second-order valence-corrected chi connectivity index (χ2v) is 1.55. The van der Waals surface area contributed by atoms with E-state index < -0.39 is 16.7 Å². The summed E-state index contributed by atoms with van der Waals surface area (Å²) in [5, 5.41) is -2.94. The summed E-state index contributed by atoms with van der Waals surface area (Å²) in [7, 11) is 0. The van der Waals surface area contributed by atoms with E-state index in [4.69, 9.17) is 0 Å². The molecule has 0 aromatic heterocycles. The standard InChI is InChI=1S/C3Cl2FO2/c4-2(7)1(6)3(5)8. The number of hydrogen-bond donors (Lipinski definition) is 0. The molecule has 2 nitrogen and oxygen atoms in total. The van der Waals surface area contributed by atoms with Crippen LogP contribution in [0.1, 0.15) is 0 Å². The molecule has 0 atom stereocenters. The highest BCUT2D eigenvalue weighted by atomic mass is 35.5. The SMILES string of the molecule is O=C(Cl)[C](F)C(=O)Cl. The highest BCUT2D eigenvalue weighted by Gasteiger charge is 2.23. The molecule has 0 fully saturated rings. The monoisotopic (exact) mass is 157 g/mol. The van der Waals surface area contributed by atoms with Gasteiger partial charge in [0.05, 0.1) is 0 Å². The van der Waals surface area contributed by atoms with Crippen molar-refractivity contribution in [1.82, 2.24) is 0 Å². The fraction of sp³-hybridized carbons (Fsp3) is 0. The van der Waals surface area contributed by atoms with E-state index in [9.17, 15) is 14.0 Å². The quantitative estimate of drug-likeness (QED) is 0.444. The number of hydrogen-bond acceptors (Lipinski definition) is 2. The summed E-state index contributed by atoms with van der Waals surface area (Å²) in [6.45, 7) is 0. The Morgan fingerprint density at radius 1 is 1.12 bits per heavy atom. The van der Waals surface area contributed by atoms with E-state index in [2.05, 4.69) is 23.2 Å². The fourth-order valence-corrected chi connectivity index (χ4v) is 0.297. The van der Waals surface area contributed by atoms with Crippen LogP contribution < -0.4 is 0 Å². The Hall–Kier alpha value is -0.150. The molecule has 0 bridgehead atoms. The van der Waals surface area contributed by atoms with Crippen molar-refractivity contribution in [3.8, 4) is 0 Å². The van der Waals surface area contributed by atoms with Gasteiger partial charge in [0.15, 0.2) is 0 Å². The molecular formula is C3Cl2FO2. The van der Waals surface area contributed by atoms with E-state index in [1.54, 1.807) is 0 Å². The van der Waals surface area contributed by atoms with Gasteiger partial charge in [-0.05, 0) is 23.2 Å². The van der Waals surface area contributed by atoms with Crippen molar-refractivity contribution in [1.29, 1.82) is 0 Å². The first kappa shape index (κ1) is 7.85. The van der Waals surface area contributed by atoms with Gasteiger partial charge in [-0.3, -0.25) is 9.59 Å². The van der Waals surface area contributed by atoms with Gasteiger partial charge in [-0.1, -0.05) is 0 Å². The number of halogens is 3. The summed E-state index contributed by atoms with van der Waals surface area (Å²) in [5.41, 5.74) is 0. The van der Waals surface area contributed by atoms with Crippen LogP contribution in [0.4, 0.5) is 4.39 Å². The van der Waals surface area contributed by atoms with Crippen LogP contribution in [-0.2, 0) is 9.59 Å². The summed E-state index contributed by atoms with van der Waals surface area (Å²) in [5.74, 6) is 0. The minimum Gasteiger partial charge on any atom is -0.277 e. The molecule has 0 aliphatic carbocycles. The molecule has 0 aliphatic rings. The molecule has 0 saturated carbocycles. The van der Waals surface area contributed by atoms with Crippen molar-refractivity contribution in [2.24, 2.45) is 0 Å². The minimum absolute atomic E-state index is 1.47. The van der Waals surface area contributed by atoms with Crippen LogP contribution in [0.5, 0.6) is 0 Å². The van der Waals surface area contributed by atoms with Crippen LogP contribution in [0.15, 0.2) is 0 Å². The van der Waals surface area contributed by atoms with Gasteiger partial charge in [0.25, 0.3) is 10.5 Å². The lowest BCUT2D eigenvalue weighted by molar-refractivity contribution is -0.119. The van der Waals surface area contributed by atoms with Crippen molar-refractivity contribution < 1.29 is 14.0 Å². The first-order chi connectivity index (χ1) is 3.55.